The van der Waals surface area contributed by atoms with Gasteiger partial charge in [0.25, 0.3) is 0 Å². The Hall–Kier alpha value is -3.45. The van der Waals surface area contributed by atoms with E-state index in [1.165, 1.54) is 16.7 Å². The first-order valence-electron chi connectivity index (χ1n) is 12.1. The van der Waals surface area contributed by atoms with Crippen LogP contribution < -0.4 is 4.90 Å². The van der Waals surface area contributed by atoms with Crippen molar-refractivity contribution in [3.05, 3.63) is 94.6 Å². The second kappa shape index (κ2) is 9.81. The van der Waals surface area contributed by atoms with E-state index < -0.39 is 0 Å². The Morgan fingerprint density at radius 1 is 0.765 bits per heavy atom. The van der Waals surface area contributed by atoms with Crippen LogP contribution in [0.25, 0.3) is 0 Å². The molecule has 3 heterocycles. The predicted molar refractivity (Wildman–Crippen MR) is 135 cm³/mol. The Bertz CT molecular complexity index is 1230. The monoisotopic (exact) mass is 455 g/mol. The first kappa shape index (κ1) is 22.3. The van der Waals surface area contributed by atoms with E-state index in [1.54, 1.807) is 0 Å². The lowest BCUT2D eigenvalue weighted by molar-refractivity contribution is 0.248. The van der Waals surface area contributed by atoms with Gasteiger partial charge in [-0.3, -0.25) is 14.1 Å². The molecular weight excluding hydrogens is 422 g/mol. The Morgan fingerprint density at radius 2 is 1.50 bits per heavy atom. The SMILES string of the molecule is Cc1cc(C)n(Cc2nnc(N3CCN(Cc4ccccc4)CC3)n2Cc2ccccc2C)n1. The van der Waals surface area contributed by atoms with E-state index in [0.29, 0.717) is 6.54 Å². The van der Waals surface area contributed by atoms with E-state index in [1.807, 2.05) is 11.6 Å². The van der Waals surface area contributed by atoms with Crippen molar-refractivity contribution in [2.45, 2.75) is 40.4 Å². The standard InChI is InChI=1S/C27H33N7/c1-21-9-7-8-12-25(21)19-33-26(20-34-23(3)17-22(2)30-34)28-29-27(33)32-15-13-31(14-16-32)18-24-10-5-4-6-11-24/h4-12,17H,13-16,18-20H2,1-3H3. The zero-order chi connectivity index (χ0) is 23.5. The average Bonchev–Trinajstić information content (AvgIpc) is 3.38. The van der Waals surface area contributed by atoms with E-state index in [4.69, 9.17) is 0 Å². The molecule has 0 bridgehead atoms. The second-order valence-electron chi connectivity index (χ2n) is 9.26. The molecule has 0 amide bonds. The van der Waals surface area contributed by atoms with Gasteiger partial charge in [0.2, 0.25) is 5.95 Å². The van der Waals surface area contributed by atoms with Crippen LogP contribution in [0.1, 0.15) is 33.9 Å². The van der Waals surface area contributed by atoms with Gasteiger partial charge in [0.1, 0.15) is 6.54 Å². The van der Waals surface area contributed by atoms with Gasteiger partial charge >= 0.3 is 0 Å². The highest BCUT2D eigenvalue weighted by Gasteiger charge is 2.24. The van der Waals surface area contributed by atoms with E-state index in [0.717, 1.165) is 62.4 Å². The molecule has 0 radical (unpaired) electrons. The van der Waals surface area contributed by atoms with Crippen LogP contribution in [0.4, 0.5) is 5.95 Å². The molecular formula is C27H33N7. The van der Waals surface area contributed by atoms with Crippen LogP contribution in [0.15, 0.2) is 60.7 Å². The summed E-state index contributed by atoms with van der Waals surface area (Å²) < 4.78 is 4.31. The number of aryl methyl sites for hydroxylation is 3. The summed E-state index contributed by atoms with van der Waals surface area (Å²) in [6.45, 7) is 12.6. The highest BCUT2D eigenvalue weighted by molar-refractivity contribution is 5.35. The number of benzene rings is 2. The number of hydrogen-bond donors (Lipinski definition) is 0. The van der Waals surface area contributed by atoms with Crippen molar-refractivity contribution in [3.63, 3.8) is 0 Å². The molecule has 34 heavy (non-hydrogen) atoms. The van der Waals surface area contributed by atoms with Crippen molar-refractivity contribution in [1.82, 2.24) is 29.4 Å². The Morgan fingerprint density at radius 3 is 2.21 bits per heavy atom. The fraction of sp³-hybridized carbons (Fsp3) is 0.370. The Labute approximate surface area is 201 Å². The van der Waals surface area contributed by atoms with Crippen molar-refractivity contribution >= 4 is 5.95 Å². The molecule has 2 aromatic carbocycles. The predicted octanol–water partition coefficient (Wildman–Crippen LogP) is 3.82. The molecule has 1 aliphatic heterocycles. The average molecular weight is 456 g/mol. The molecule has 0 aliphatic carbocycles. The van der Waals surface area contributed by atoms with Crippen molar-refractivity contribution in [3.8, 4) is 0 Å². The summed E-state index contributed by atoms with van der Waals surface area (Å²) in [5.74, 6) is 1.90. The minimum atomic E-state index is 0.618. The topological polar surface area (TPSA) is 55.0 Å². The zero-order valence-corrected chi connectivity index (χ0v) is 20.4. The number of hydrogen-bond acceptors (Lipinski definition) is 5. The van der Waals surface area contributed by atoms with Crippen LogP contribution in [0.2, 0.25) is 0 Å². The fourth-order valence-corrected chi connectivity index (χ4v) is 4.71. The minimum absolute atomic E-state index is 0.618. The lowest BCUT2D eigenvalue weighted by Crippen LogP contribution is -2.47. The maximum absolute atomic E-state index is 4.69. The molecule has 5 rings (SSSR count). The fourth-order valence-electron chi connectivity index (χ4n) is 4.71. The highest BCUT2D eigenvalue weighted by atomic mass is 15.4. The zero-order valence-electron chi connectivity index (χ0n) is 20.4. The van der Waals surface area contributed by atoms with Crippen molar-refractivity contribution in [1.29, 1.82) is 0 Å². The van der Waals surface area contributed by atoms with Crippen LogP contribution in [0, 0.1) is 20.8 Å². The van der Waals surface area contributed by atoms with Crippen LogP contribution in [-0.2, 0) is 19.6 Å². The number of rotatable bonds is 7. The van der Waals surface area contributed by atoms with Gasteiger partial charge in [-0.25, -0.2) is 0 Å². The van der Waals surface area contributed by atoms with E-state index in [9.17, 15) is 0 Å². The summed E-state index contributed by atoms with van der Waals surface area (Å²) in [7, 11) is 0. The van der Waals surface area contributed by atoms with Gasteiger partial charge in [0.05, 0.1) is 12.2 Å². The van der Waals surface area contributed by atoms with E-state index >= 15 is 0 Å². The molecule has 0 saturated carbocycles. The molecule has 0 unspecified atom stereocenters. The van der Waals surface area contributed by atoms with Crippen LogP contribution in [-0.4, -0.2) is 55.6 Å². The molecule has 0 N–H and O–H groups in total. The lowest BCUT2D eigenvalue weighted by Gasteiger charge is -2.35. The third-order valence-electron chi connectivity index (χ3n) is 6.70. The number of nitrogens with zero attached hydrogens (tertiary/aromatic N) is 7. The van der Waals surface area contributed by atoms with Crippen molar-refractivity contribution in [2.75, 3.05) is 31.1 Å². The molecule has 176 valence electrons. The van der Waals surface area contributed by atoms with Crippen molar-refractivity contribution < 1.29 is 0 Å². The first-order chi connectivity index (χ1) is 16.6. The van der Waals surface area contributed by atoms with Crippen molar-refractivity contribution in [2.24, 2.45) is 0 Å². The van der Waals surface area contributed by atoms with Gasteiger partial charge in [0, 0.05) is 38.4 Å². The second-order valence-corrected chi connectivity index (χ2v) is 9.26. The number of piperazine rings is 1. The quantitative estimate of drug-likeness (QED) is 0.424. The molecule has 7 nitrogen and oxygen atoms in total. The maximum atomic E-state index is 4.69. The third kappa shape index (κ3) is 4.89. The van der Waals surface area contributed by atoms with Crippen LogP contribution >= 0.6 is 0 Å². The third-order valence-corrected chi connectivity index (χ3v) is 6.70. The van der Waals surface area contributed by atoms with Gasteiger partial charge < -0.3 is 4.90 Å². The van der Waals surface area contributed by atoms with Gasteiger partial charge in [-0.1, -0.05) is 54.6 Å². The van der Waals surface area contributed by atoms with E-state index in [2.05, 4.69) is 104 Å². The minimum Gasteiger partial charge on any atom is -0.338 e. The largest absolute Gasteiger partial charge is 0.338 e. The Balaban J connectivity index is 1.37. The molecule has 4 aromatic rings. The Kier molecular flexibility index (Phi) is 6.45. The maximum Gasteiger partial charge on any atom is 0.227 e. The van der Waals surface area contributed by atoms with Crippen LogP contribution in [0.3, 0.4) is 0 Å². The molecule has 0 atom stereocenters. The highest BCUT2D eigenvalue weighted by Crippen LogP contribution is 2.21. The molecule has 1 fully saturated rings. The molecule has 2 aromatic heterocycles. The normalized spacial score (nSPS) is 14.6. The van der Waals surface area contributed by atoms with Gasteiger partial charge in [0.15, 0.2) is 5.82 Å². The van der Waals surface area contributed by atoms with Crippen LogP contribution in [0.5, 0.6) is 0 Å². The van der Waals surface area contributed by atoms with Gasteiger partial charge in [-0.15, -0.1) is 10.2 Å². The first-order valence-corrected chi connectivity index (χ1v) is 12.1. The number of aromatic nitrogens is 5. The summed E-state index contributed by atoms with van der Waals surface area (Å²) in [6.07, 6.45) is 0. The number of anilines is 1. The summed E-state index contributed by atoms with van der Waals surface area (Å²) in [6, 6.07) is 21.4. The molecule has 1 saturated heterocycles. The molecule has 7 heteroatoms. The summed E-state index contributed by atoms with van der Waals surface area (Å²) in [5.41, 5.74) is 6.11. The lowest BCUT2D eigenvalue weighted by atomic mass is 10.1. The molecule has 0 spiro atoms. The smallest absolute Gasteiger partial charge is 0.227 e. The van der Waals surface area contributed by atoms with Gasteiger partial charge in [-0.05, 0) is 43.5 Å². The summed E-state index contributed by atoms with van der Waals surface area (Å²) >= 11 is 0. The summed E-state index contributed by atoms with van der Waals surface area (Å²) in [5, 5.41) is 14.0. The van der Waals surface area contributed by atoms with Gasteiger partial charge in [-0.2, -0.15) is 5.10 Å². The summed E-state index contributed by atoms with van der Waals surface area (Å²) in [4.78, 5) is 4.90. The molecule has 1 aliphatic rings. The van der Waals surface area contributed by atoms with E-state index in [-0.39, 0.29) is 0 Å².